The van der Waals surface area contributed by atoms with E-state index in [2.05, 4.69) is 60.1 Å². The van der Waals surface area contributed by atoms with Gasteiger partial charge >= 0.3 is 0 Å². The molecule has 1 heterocycles. The van der Waals surface area contributed by atoms with E-state index in [9.17, 15) is 4.79 Å². The van der Waals surface area contributed by atoms with Crippen LogP contribution in [-0.4, -0.2) is 30.8 Å². The molecule has 0 bridgehead atoms. The minimum absolute atomic E-state index is 0.120. The van der Waals surface area contributed by atoms with E-state index in [-0.39, 0.29) is 5.91 Å². The number of aromatic amines is 1. The number of carbonyl (C=O) groups is 1. The van der Waals surface area contributed by atoms with Crippen LogP contribution < -0.4 is 5.32 Å². The summed E-state index contributed by atoms with van der Waals surface area (Å²) in [6.07, 6.45) is 6.20. The summed E-state index contributed by atoms with van der Waals surface area (Å²) in [5.41, 5.74) is 3.27. The van der Waals surface area contributed by atoms with E-state index >= 15 is 0 Å². The van der Waals surface area contributed by atoms with Crippen molar-refractivity contribution in [2.45, 2.75) is 27.7 Å². The molecule has 25 heavy (non-hydrogen) atoms. The highest BCUT2D eigenvalue weighted by atomic mass is 16.5. The fraction of sp³-hybridized carbons (Fsp3) is 0.300. The molecule has 2 rings (SSSR count). The maximum Gasteiger partial charge on any atom is 0.252 e. The van der Waals surface area contributed by atoms with Gasteiger partial charge in [0.25, 0.3) is 5.91 Å². The lowest BCUT2D eigenvalue weighted by atomic mass is 10.2. The number of aromatic nitrogens is 1. The van der Waals surface area contributed by atoms with E-state index in [0.717, 1.165) is 0 Å². The first kappa shape index (κ1) is 22.2. The molecule has 2 aromatic rings. The van der Waals surface area contributed by atoms with E-state index < -0.39 is 0 Å². The van der Waals surface area contributed by atoms with Crippen LogP contribution in [0.3, 0.4) is 0 Å². The van der Waals surface area contributed by atoms with Crippen molar-refractivity contribution in [3.05, 3.63) is 71.9 Å². The number of rotatable bonds is 6. The van der Waals surface area contributed by atoms with Gasteiger partial charge in [-0.3, -0.25) is 9.79 Å². The number of nitrogens with one attached hydrogen (secondary N) is 2. The molecule has 0 atom stereocenters. The van der Waals surface area contributed by atoms with E-state index in [1.807, 2.05) is 13.8 Å². The number of ether oxygens (including phenoxy) is 1. The van der Waals surface area contributed by atoms with Gasteiger partial charge in [-0.1, -0.05) is 49.2 Å². The fourth-order valence-corrected chi connectivity index (χ4v) is 1.58. The standard InChI is InChI=1S/C10H13N3O2.C8H10.C2H6/c1-11-4-6-15-7-5-13-10(14)9-2-3-12-8-9;1-7-3-5-8(2)6-4-7;1-2/h2-4,6,8,12H,1,5,7H2,(H,13,14);3-6H,1-2H3;1-2H3/b6-4-;;. The Morgan fingerprint density at radius 1 is 1.20 bits per heavy atom. The topological polar surface area (TPSA) is 66.5 Å². The summed E-state index contributed by atoms with van der Waals surface area (Å²) in [6.45, 7) is 12.3. The highest BCUT2D eigenvalue weighted by Crippen LogP contribution is 1.99. The van der Waals surface area contributed by atoms with E-state index in [4.69, 9.17) is 4.74 Å². The Kier molecular flexibility index (Phi) is 13.1. The van der Waals surface area contributed by atoms with E-state index in [1.54, 1.807) is 18.5 Å². The Balaban J connectivity index is 0.000000483. The molecule has 1 amide bonds. The van der Waals surface area contributed by atoms with Crippen LogP contribution >= 0.6 is 0 Å². The third-order valence-corrected chi connectivity index (χ3v) is 2.85. The van der Waals surface area contributed by atoms with Crippen LogP contribution in [-0.2, 0) is 4.74 Å². The summed E-state index contributed by atoms with van der Waals surface area (Å²) in [4.78, 5) is 17.6. The van der Waals surface area contributed by atoms with Gasteiger partial charge in [0.05, 0.1) is 18.3 Å². The zero-order chi connectivity index (χ0) is 18.9. The average molecular weight is 343 g/mol. The fourth-order valence-electron chi connectivity index (χ4n) is 1.58. The Morgan fingerprint density at radius 3 is 2.28 bits per heavy atom. The monoisotopic (exact) mass is 343 g/mol. The number of hydrogen-bond donors (Lipinski definition) is 2. The molecule has 0 unspecified atom stereocenters. The maximum atomic E-state index is 11.4. The molecule has 5 nitrogen and oxygen atoms in total. The van der Waals surface area contributed by atoms with Crippen molar-refractivity contribution in [2.24, 2.45) is 4.99 Å². The molecular formula is C20H29N3O2. The lowest BCUT2D eigenvalue weighted by Crippen LogP contribution is -2.26. The smallest absolute Gasteiger partial charge is 0.252 e. The van der Waals surface area contributed by atoms with Gasteiger partial charge in [0.2, 0.25) is 0 Å². The second kappa shape index (κ2) is 14.8. The van der Waals surface area contributed by atoms with Crippen molar-refractivity contribution >= 4 is 12.6 Å². The third kappa shape index (κ3) is 11.4. The van der Waals surface area contributed by atoms with Gasteiger partial charge in [-0.05, 0) is 26.6 Å². The summed E-state index contributed by atoms with van der Waals surface area (Å²) in [6, 6.07) is 10.2. The normalized spacial score (nSPS) is 9.28. The van der Waals surface area contributed by atoms with Gasteiger partial charge in [-0.15, -0.1) is 0 Å². The van der Waals surface area contributed by atoms with E-state index in [0.29, 0.717) is 18.7 Å². The highest BCUT2D eigenvalue weighted by Gasteiger charge is 2.03. The van der Waals surface area contributed by atoms with E-state index in [1.165, 1.54) is 23.6 Å². The molecule has 0 aliphatic heterocycles. The predicted octanol–water partition coefficient (Wildman–Crippen LogP) is 4.26. The Labute approximate surface area is 150 Å². The first-order valence-corrected chi connectivity index (χ1v) is 8.30. The quantitative estimate of drug-likeness (QED) is 0.467. The number of aryl methyl sites for hydroxylation is 2. The zero-order valence-corrected chi connectivity index (χ0v) is 15.6. The molecule has 0 radical (unpaired) electrons. The zero-order valence-electron chi connectivity index (χ0n) is 15.6. The SMILES string of the molecule is C=N/C=C\OCCNC(=O)c1cc[nH]c1.CC.Cc1ccc(C)cc1. The Bertz CT molecular complexity index is 581. The summed E-state index contributed by atoms with van der Waals surface area (Å²) in [5, 5.41) is 2.70. The van der Waals surface area contributed by atoms with Crippen molar-refractivity contribution in [1.29, 1.82) is 0 Å². The molecule has 0 aliphatic carbocycles. The first-order chi connectivity index (χ1) is 12.1. The van der Waals surface area contributed by atoms with Crippen LogP contribution in [0.4, 0.5) is 0 Å². The molecule has 1 aromatic carbocycles. The van der Waals surface area contributed by atoms with Crippen LogP contribution in [0.1, 0.15) is 35.3 Å². The van der Waals surface area contributed by atoms with Gasteiger partial charge < -0.3 is 15.0 Å². The number of hydrogen-bond acceptors (Lipinski definition) is 3. The minimum atomic E-state index is -0.120. The first-order valence-electron chi connectivity index (χ1n) is 8.30. The number of aliphatic imine (C=N–C) groups is 1. The van der Waals surface area contributed by atoms with Crippen LogP contribution in [0.5, 0.6) is 0 Å². The average Bonchev–Trinajstić information content (AvgIpc) is 3.17. The van der Waals surface area contributed by atoms with Gasteiger partial charge in [-0.25, -0.2) is 0 Å². The molecule has 136 valence electrons. The minimum Gasteiger partial charge on any atom is -0.498 e. The molecule has 0 spiro atoms. The summed E-state index contributed by atoms with van der Waals surface area (Å²) in [5.74, 6) is -0.120. The molecule has 1 aromatic heterocycles. The number of H-pyrrole nitrogens is 1. The van der Waals surface area contributed by atoms with Crippen molar-refractivity contribution in [3.63, 3.8) is 0 Å². The molecule has 0 saturated carbocycles. The van der Waals surface area contributed by atoms with Crippen molar-refractivity contribution < 1.29 is 9.53 Å². The molecule has 0 fully saturated rings. The van der Waals surface area contributed by atoms with Gasteiger partial charge in [0.1, 0.15) is 12.9 Å². The molecule has 5 heteroatoms. The largest absolute Gasteiger partial charge is 0.498 e. The molecule has 0 aliphatic rings. The lowest BCUT2D eigenvalue weighted by molar-refractivity contribution is 0.0943. The predicted molar refractivity (Wildman–Crippen MR) is 105 cm³/mol. The number of carbonyl (C=O) groups excluding carboxylic acids is 1. The van der Waals surface area contributed by atoms with Crippen LogP contribution in [0.15, 0.2) is 60.2 Å². The van der Waals surface area contributed by atoms with Crippen molar-refractivity contribution in [1.82, 2.24) is 10.3 Å². The van der Waals surface area contributed by atoms with Crippen LogP contribution in [0.25, 0.3) is 0 Å². The number of nitrogens with zero attached hydrogens (tertiary/aromatic N) is 1. The second-order valence-corrected chi connectivity index (χ2v) is 4.85. The number of benzene rings is 1. The molecular weight excluding hydrogens is 314 g/mol. The molecule has 2 N–H and O–H groups in total. The lowest BCUT2D eigenvalue weighted by Gasteiger charge is -2.02. The maximum absolute atomic E-state index is 11.4. The Hall–Kier alpha value is -2.82. The Morgan fingerprint density at radius 2 is 1.80 bits per heavy atom. The van der Waals surface area contributed by atoms with Crippen LogP contribution in [0.2, 0.25) is 0 Å². The third-order valence-electron chi connectivity index (χ3n) is 2.85. The molecule has 0 saturated heterocycles. The second-order valence-electron chi connectivity index (χ2n) is 4.85. The van der Waals surface area contributed by atoms with Crippen molar-refractivity contribution in [3.8, 4) is 0 Å². The van der Waals surface area contributed by atoms with Gasteiger partial charge in [0, 0.05) is 12.4 Å². The summed E-state index contributed by atoms with van der Waals surface area (Å²) < 4.78 is 5.00. The van der Waals surface area contributed by atoms with Gasteiger partial charge in [0.15, 0.2) is 0 Å². The number of amides is 1. The van der Waals surface area contributed by atoms with Crippen molar-refractivity contribution in [2.75, 3.05) is 13.2 Å². The van der Waals surface area contributed by atoms with Crippen LogP contribution in [0, 0.1) is 13.8 Å². The highest BCUT2D eigenvalue weighted by molar-refractivity contribution is 5.93. The summed E-state index contributed by atoms with van der Waals surface area (Å²) >= 11 is 0. The van der Waals surface area contributed by atoms with Gasteiger partial charge in [-0.2, -0.15) is 0 Å². The summed E-state index contributed by atoms with van der Waals surface area (Å²) in [7, 11) is 0.